The van der Waals surface area contributed by atoms with Crippen LogP contribution in [0.15, 0.2) is 91.0 Å². The van der Waals surface area contributed by atoms with Crippen molar-refractivity contribution in [1.82, 2.24) is 4.57 Å². The van der Waals surface area contributed by atoms with Crippen LogP contribution in [0.3, 0.4) is 0 Å². The Morgan fingerprint density at radius 1 is 0.757 bits per heavy atom. The van der Waals surface area contributed by atoms with Gasteiger partial charge in [0.15, 0.2) is 0 Å². The molecule has 0 saturated carbocycles. The molecule has 5 rings (SSSR count). The Kier molecular flexibility index (Phi) is 6.38. The van der Waals surface area contributed by atoms with Gasteiger partial charge in [-0.15, -0.1) is 0 Å². The summed E-state index contributed by atoms with van der Waals surface area (Å²) in [7, 11) is 0. The molecule has 8 heteroatoms. The van der Waals surface area contributed by atoms with Crippen molar-refractivity contribution in [1.29, 1.82) is 0 Å². The fourth-order valence-electron chi connectivity index (χ4n) is 4.36. The van der Waals surface area contributed by atoms with E-state index in [1.54, 1.807) is 65.2 Å². The lowest BCUT2D eigenvalue weighted by Crippen LogP contribution is -2.20. The molecule has 2 heterocycles. The van der Waals surface area contributed by atoms with Gasteiger partial charge in [-0.3, -0.25) is 9.59 Å². The SMILES string of the molecule is O=C(Oc1ccccc1C(=O)OC(=O)C1CCn2c(C(=O)c3ccccc3)ccc21)c1ccccc1O. The second-order valence-corrected chi connectivity index (χ2v) is 8.44. The van der Waals surface area contributed by atoms with Gasteiger partial charge in [-0.1, -0.05) is 54.6 Å². The first-order chi connectivity index (χ1) is 17.9. The van der Waals surface area contributed by atoms with E-state index in [9.17, 15) is 24.3 Å². The summed E-state index contributed by atoms with van der Waals surface area (Å²) in [6.45, 7) is 0.430. The summed E-state index contributed by atoms with van der Waals surface area (Å²) < 4.78 is 12.3. The highest BCUT2D eigenvalue weighted by atomic mass is 16.6. The summed E-state index contributed by atoms with van der Waals surface area (Å²) in [5.41, 5.74) is 1.41. The van der Waals surface area contributed by atoms with E-state index in [1.807, 2.05) is 6.07 Å². The summed E-state index contributed by atoms with van der Waals surface area (Å²) in [4.78, 5) is 51.3. The van der Waals surface area contributed by atoms with Gasteiger partial charge < -0.3 is 19.1 Å². The fraction of sp³-hybridized carbons (Fsp3) is 0.103. The van der Waals surface area contributed by atoms with Gasteiger partial charge in [0.05, 0.1) is 11.6 Å². The first-order valence-electron chi connectivity index (χ1n) is 11.6. The van der Waals surface area contributed by atoms with Crippen LogP contribution in [0.1, 0.15) is 54.8 Å². The number of hydrogen-bond acceptors (Lipinski definition) is 7. The van der Waals surface area contributed by atoms with E-state index in [0.29, 0.717) is 29.9 Å². The predicted octanol–water partition coefficient (Wildman–Crippen LogP) is 4.51. The van der Waals surface area contributed by atoms with Gasteiger partial charge in [0.1, 0.15) is 22.6 Å². The molecule has 4 aromatic rings. The van der Waals surface area contributed by atoms with Crippen LogP contribution in [0, 0.1) is 0 Å². The minimum atomic E-state index is -0.976. The van der Waals surface area contributed by atoms with E-state index in [1.165, 1.54) is 24.3 Å². The molecule has 1 atom stereocenters. The first-order valence-corrected chi connectivity index (χ1v) is 11.6. The summed E-state index contributed by atoms with van der Waals surface area (Å²) >= 11 is 0. The number of carbonyl (C=O) groups excluding carboxylic acids is 4. The smallest absolute Gasteiger partial charge is 0.349 e. The molecule has 1 aliphatic rings. The minimum Gasteiger partial charge on any atom is -0.507 e. The van der Waals surface area contributed by atoms with Crippen LogP contribution in [-0.2, 0) is 16.1 Å². The van der Waals surface area contributed by atoms with Gasteiger partial charge in [0, 0.05) is 17.8 Å². The van der Waals surface area contributed by atoms with Crippen molar-refractivity contribution >= 4 is 23.7 Å². The second-order valence-electron chi connectivity index (χ2n) is 8.44. The van der Waals surface area contributed by atoms with Gasteiger partial charge in [-0.2, -0.15) is 0 Å². The Morgan fingerprint density at radius 3 is 2.19 bits per heavy atom. The Hall–Kier alpha value is -4.98. The monoisotopic (exact) mass is 495 g/mol. The van der Waals surface area contributed by atoms with Crippen LogP contribution < -0.4 is 4.74 Å². The number of aromatic hydroxyl groups is 1. The molecule has 0 spiro atoms. The van der Waals surface area contributed by atoms with Crippen LogP contribution in [0.2, 0.25) is 0 Å². The van der Waals surface area contributed by atoms with Crippen molar-refractivity contribution in [3.63, 3.8) is 0 Å². The summed E-state index contributed by atoms with van der Waals surface area (Å²) in [5, 5.41) is 9.90. The normalized spacial score (nSPS) is 14.0. The molecule has 1 unspecified atom stereocenters. The first kappa shape index (κ1) is 23.7. The Morgan fingerprint density at radius 2 is 1.43 bits per heavy atom. The molecule has 8 nitrogen and oxygen atoms in total. The third kappa shape index (κ3) is 4.64. The fourth-order valence-corrected chi connectivity index (χ4v) is 4.36. The number of nitrogens with zero attached hydrogens (tertiary/aromatic N) is 1. The molecular weight excluding hydrogens is 474 g/mol. The van der Waals surface area contributed by atoms with E-state index in [-0.39, 0.29) is 28.4 Å². The Labute approximate surface area is 211 Å². The maximum atomic E-state index is 13.0. The maximum Gasteiger partial charge on any atom is 0.349 e. The summed E-state index contributed by atoms with van der Waals surface area (Å²) in [6, 6.07) is 23.9. The highest BCUT2D eigenvalue weighted by molar-refractivity contribution is 6.08. The molecular formula is C29H21NO7. The van der Waals surface area contributed by atoms with E-state index in [0.717, 1.165) is 0 Å². The standard InChI is InChI=1S/C29H21NO7/c31-24-12-6-4-10-20(24)28(34)36-25-13-7-5-11-21(25)29(35)37-27(33)19-16-17-30-22(19)14-15-23(30)26(32)18-8-2-1-3-9-18/h1-15,19,31H,16-17H2. The largest absolute Gasteiger partial charge is 0.507 e. The van der Waals surface area contributed by atoms with Crippen LogP contribution in [0.5, 0.6) is 11.5 Å². The van der Waals surface area contributed by atoms with E-state index >= 15 is 0 Å². The number of aromatic nitrogens is 1. The van der Waals surface area contributed by atoms with Crippen molar-refractivity contribution in [2.45, 2.75) is 18.9 Å². The van der Waals surface area contributed by atoms with Crippen LogP contribution in [0.4, 0.5) is 0 Å². The van der Waals surface area contributed by atoms with E-state index in [2.05, 4.69) is 0 Å². The highest BCUT2D eigenvalue weighted by Gasteiger charge is 2.34. The summed E-state index contributed by atoms with van der Waals surface area (Å²) in [6.07, 6.45) is 0.376. The molecule has 0 radical (unpaired) electrons. The average Bonchev–Trinajstić information content (AvgIpc) is 3.52. The minimum absolute atomic E-state index is 0.0747. The Balaban J connectivity index is 1.31. The molecule has 1 aliphatic heterocycles. The molecule has 1 N–H and O–H groups in total. The van der Waals surface area contributed by atoms with Crippen molar-refractivity contribution < 1.29 is 33.8 Å². The third-order valence-corrected chi connectivity index (χ3v) is 6.19. The van der Waals surface area contributed by atoms with Crippen molar-refractivity contribution in [2.24, 2.45) is 0 Å². The number of carbonyl (C=O) groups is 4. The molecule has 37 heavy (non-hydrogen) atoms. The zero-order valence-electron chi connectivity index (χ0n) is 19.5. The zero-order chi connectivity index (χ0) is 25.9. The number of ketones is 1. The summed E-state index contributed by atoms with van der Waals surface area (Å²) in [5.74, 6) is -3.86. The maximum absolute atomic E-state index is 13.0. The number of fused-ring (bicyclic) bond motifs is 1. The molecule has 0 fully saturated rings. The topological polar surface area (TPSA) is 112 Å². The van der Waals surface area contributed by atoms with Gasteiger partial charge in [0.25, 0.3) is 0 Å². The van der Waals surface area contributed by atoms with Crippen molar-refractivity contribution in [3.8, 4) is 11.5 Å². The molecule has 0 amide bonds. The van der Waals surface area contributed by atoms with Crippen LogP contribution in [0.25, 0.3) is 0 Å². The molecule has 3 aromatic carbocycles. The number of benzene rings is 3. The number of phenols is 1. The number of para-hydroxylation sites is 2. The van der Waals surface area contributed by atoms with Gasteiger partial charge in [0.2, 0.25) is 5.78 Å². The molecule has 0 bridgehead atoms. The Bertz CT molecular complexity index is 1520. The lowest BCUT2D eigenvalue weighted by Gasteiger charge is -2.12. The van der Waals surface area contributed by atoms with Crippen molar-refractivity contribution in [2.75, 3.05) is 0 Å². The predicted molar refractivity (Wildman–Crippen MR) is 132 cm³/mol. The van der Waals surface area contributed by atoms with Crippen LogP contribution in [-0.4, -0.2) is 33.4 Å². The molecule has 184 valence electrons. The molecule has 0 aliphatic carbocycles. The van der Waals surface area contributed by atoms with Crippen LogP contribution >= 0.6 is 0 Å². The number of phenolic OH excluding ortho intramolecular Hbond substituents is 1. The zero-order valence-corrected chi connectivity index (χ0v) is 19.5. The van der Waals surface area contributed by atoms with Crippen molar-refractivity contribution in [3.05, 3.63) is 119 Å². The quantitative estimate of drug-likeness (QED) is 0.181. The highest BCUT2D eigenvalue weighted by Crippen LogP contribution is 2.33. The lowest BCUT2D eigenvalue weighted by molar-refractivity contribution is -0.139. The number of esters is 3. The van der Waals surface area contributed by atoms with Gasteiger partial charge in [-0.25, -0.2) is 9.59 Å². The lowest BCUT2D eigenvalue weighted by atomic mass is 10.1. The number of hydrogen-bond donors (Lipinski definition) is 1. The average molecular weight is 495 g/mol. The molecule has 0 saturated heterocycles. The van der Waals surface area contributed by atoms with Gasteiger partial charge in [-0.05, 0) is 42.8 Å². The van der Waals surface area contributed by atoms with E-state index in [4.69, 9.17) is 9.47 Å². The van der Waals surface area contributed by atoms with Gasteiger partial charge >= 0.3 is 17.9 Å². The molecule has 1 aromatic heterocycles. The number of ether oxygens (including phenoxy) is 2. The second kappa shape index (κ2) is 9.94. The van der Waals surface area contributed by atoms with E-state index < -0.39 is 23.8 Å². The number of rotatable bonds is 6. The third-order valence-electron chi connectivity index (χ3n) is 6.19.